The molecule has 2 heterocycles. The Hall–Kier alpha value is -1.65. The van der Waals surface area contributed by atoms with Crippen molar-refractivity contribution >= 4 is 17.7 Å². The Bertz CT molecular complexity index is 363. The van der Waals surface area contributed by atoms with Crippen molar-refractivity contribution in [2.75, 3.05) is 11.1 Å². The predicted octanol–water partition coefficient (Wildman–Crippen LogP) is 0.504. The summed E-state index contributed by atoms with van der Waals surface area (Å²) in [4.78, 5) is 19.0. The van der Waals surface area contributed by atoms with Gasteiger partial charge >= 0.3 is 0 Å². The molecule has 0 spiro atoms. The molecule has 0 aliphatic carbocycles. The monoisotopic (exact) mass is 178 g/mol. The van der Waals surface area contributed by atoms with E-state index in [9.17, 15) is 4.79 Å². The van der Waals surface area contributed by atoms with E-state index in [0.717, 1.165) is 5.56 Å². The van der Waals surface area contributed by atoms with Gasteiger partial charge in [0.05, 0.1) is 0 Å². The number of nitrogens with zero attached hydrogens (tertiary/aromatic N) is 2. The number of aromatic nitrogens is 2. The molecule has 0 fully saturated rings. The molecule has 0 bridgehead atoms. The maximum atomic E-state index is 11.1. The lowest BCUT2D eigenvalue weighted by atomic mass is 9.96. The maximum absolute atomic E-state index is 11.1. The molecule has 0 saturated carbocycles. The molecule has 0 aromatic carbocycles. The lowest BCUT2D eigenvalue weighted by molar-refractivity contribution is -0.116. The molecule has 5 heteroatoms. The first-order valence-electron chi connectivity index (χ1n) is 4.09. The number of nitrogens with two attached hydrogens (primary N) is 1. The topological polar surface area (TPSA) is 80.9 Å². The molecule has 0 saturated heterocycles. The van der Waals surface area contributed by atoms with Gasteiger partial charge in [0.15, 0.2) is 0 Å². The van der Waals surface area contributed by atoms with Gasteiger partial charge in [-0.1, -0.05) is 6.92 Å². The van der Waals surface area contributed by atoms with Gasteiger partial charge in [-0.2, -0.15) is 4.98 Å². The summed E-state index contributed by atoms with van der Waals surface area (Å²) in [6, 6.07) is 0. The minimum absolute atomic E-state index is 0.0156. The predicted molar refractivity (Wildman–Crippen MR) is 48.1 cm³/mol. The van der Waals surface area contributed by atoms with E-state index in [-0.39, 0.29) is 17.8 Å². The van der Waals surface area contributed by atoms with E-state index in [1.807, 2.05) is 6.92 Å². The van der Waals surface area contributed by atoms with Crippen molar-refractivity contribution in [3.63, 3.8) is 0 Å². The highest BCUT2D eigenvalue weighted by molar-refractivity contribution is 5.93. The molecule has 13 heavy (non-hydrogen) atoms. The summed E-state index contributed by atoms with van der Waals surface area (Å²) in [5, 5.41) is 2.66. The number of nitrogen functional groups attached to an aromatic ring is 1. The van der Waals surface area contributed by atoms with Gasteiger partial charge in [-0.25, -0.2) is 4.98 Å². The zero-order valence-corrected chi connectivity index (χ0v) is 7.24. The molecule has 1 aliphatic rings. The number of amides is 1. The minimum Gasteiger partial charge on any atom is -0.368 e. The molecule has 1 aliphatic heterocycles. The van der Waals surface area contributed by atoms with Crippen LogP contribution < -0.4 is 11.1 Å². The van der Waals surface area contributed by atoms with Gasteiger partial charge in [0.25, 0.3) is 0 Å². The second-order valence-electron chi connectivity index (χ2n) is 3.19. The smallest absolute Gasteiger partial charge is 0.226 e. The molecule has 1 atom stereocenters. The molecular formula is C8H10N4O. The molecule has 2 rings (SSSR count). The first-order chi connectivity index (χ1) is 6.16. The van der Waals surface area contributed by atoms with Crippen LogP contribution in [-0.2, 0) is 4.79 Å². The number of carbonyl (C=O) groups excluding carboxylic acids is 1. The first kappa shape index (κ1) is 7.97. The summed E-state index contributed by atoms with van der Waals surface area (Å²) in [5.74, 6) is 0.895. The lowest BCUT2D eigenvalue weighted by Gasteiger charge is -2.20. The van der Waals surface area contributed by atoms with Crippen molar-refractivity contribution in [2.45, 2.75) is 19.3 Å². The largest absolute Gasteiger partial charge is 0.368 e. The fourth-order valence-electron chi connectivity index (χ4n) is 1.44. The van der Waals surface area contributed by atoms with E-state index in [4.69, 9.17) is 5.73 Å². The fourth-order valence-corrected chi connectivity index (χ4v) is 1.44. The van der Waals surface area contributed by atoms with E-state index in [1.165, 1.54) is 0 Å². The summed E-state index contributed by atoms with van der Waals surface area (Å²) in [6.45, 7) is 1.97. The third-order valence-electron chi connectivity index (χ3n) is 2.12. The van der Waals surface area contributed by atoms with Crippen LogP contribution in [0.4, 0.5) is 11.8 Å². The third kappa shape index (κ3) is 1.32. The maximum Gasteiger partial charge on any atom is 0.226 e. The van der Waals surface area contributed by atoms with Crippen LogP contribution in [0.15, 0.2) is 6.20 Å². The SMILES string of the molecule is CC1CC(=O)Nc2nc(N)ncc21. The number of hydrogen-bond donors (Lipinski definition) is 2. The minimum atomic E-state index is -0.0156. The zero-order chi connectivity index (χ0) is 9.42. The molecule has 1 amide bonds. The highest BCUT2D eigenvalue weighted by Crippen LogP contribution is 2.29. The Kier molecular flexibility index (Phi) is 1.65. The van der Waals surface area contributed by atoms with Crippen LogP contribution in [0.2, 0.25) is 0 Å². The van der Waals surface area contributed by atoms with Gasteiger partial charge < -0.3 is 11.1 Å². The summed E-state index contributed by atoms with van der Waals surface area (Å²) >= 11 is 0. The van der Waals surface area contributed by atoms with Crippen molar-refractivity contribution in [3.05, 3.63) is 11.8 Å². The molecule has 1 unspecified atom stereocenters. The summed E-state index contributed by atoms with van der Waals surface area (Å²) in [6.07, 6.45) is 2.15. The van der Waals surface area contributed by atoms with Crippen LogP contribution in [-0.4, -0.2) is 15.9 Å². The average molecular weight is 178 g/mol. The number of rotatable bonds is 0. The van der Waals surface area contributed by atoms with E-state index in [0.29, 0.717) is 12.2 Å². The molecule has 3 N–H and O–H groups in total. The highest BCUT2D eigenvalue weighted by Gasteiger charge is 2.22. The van der Waals surface area contributed by atoms with Crippen LogP contribution in [0.5, 0.6) is 0 Å². The number of anilines is 2. The number of fused-ring (bicyclic) bond motifs is 1. The fraction of sp³-hybridized carbons (Fsp3) is 0.375. The molecule has 68 valence electrons. The Labute approximate surface area is 75.4 Å². The second kappa shape index (κ2) is 2.69. The van der Waals surface area contributed by atoms with Gasteiger partial charge in [0.2, 0.25) is 11.9 Å². The Morgan fingerprint density at radius 3 is 3.23 bits per heavy atom. The van der Waals surface area contributed by atoms with Gasteiger partial charge in [-0.3, -0.25) is 4.79 Å². The molecular weight excluding hydrogens is 168 g/mol. The van der Waals surface area contributed by atoms with Crippen LogP contribution in [0.1, 0.15) is 24.8 Å². The molecule has 0 radical (unpaired) electrons. The van der Waals surface area contributed by atoms with Crippen LogP contribution in [0.3, 0.4) is 0 Å². The lowest BCUT2D eigenvalue weighted by Crippen LogP contribution is -2.23. The van der Waals surface area contributed by atoms with E-state index in [2.05, 4.69) is 15.3 Å². The molecule has 1 aromatic rings. The van der Waals surface area contributed by atoms with E-state index >= 15 is 0 Å². The summed E-state index contributed by atoms with van der Waals surface area (Å²) in [5.41, 5.74) is 6.35. The Balaban J connectivity index is 2.49. The highest BCUT2D eigenvalue weighted by atomic mass is 16.1. The van der Waals surface area contributed by atoms with Gasteiger partial charge in [-0.15, -0.1) is 0 Å². The van der Waals surface area contributed by atoms with Gasteiger partial charge in [0.1, 0.15) is 5.82 Å². The molecule has 5 nitrogen and oxygen atoms in total. The summed E-state index contributed by atoms with van der Waals surface area (Å²) < 4.78 is 0. The average Bonchev–Trinajstić information content (AvgIpc) is 2.02. The summed E-state index contributed by atoms with van der Waals surface area (Å²) in [7, 11) is 0. The number of nitrogens with one attached hydrogen (secondary N) is 1. The number of carbonyl (C=O) groups is 1. The van der Waals surface area contributed by atoms with Crippen molar-refractivity contribution in [1.29, 1.82) is 0 Å². The van der Waals surface area contributed by atoms with Crippen molar-refractivity contribution in [3.8, 4) is 0 Å². The van der Waals surface area contributed by atoms with Gasteiger partial charge in [0, 0.05) is 18.2 Å². The van der Waals surface area contributed by atoms with Crippen molar-refractivity contribution in [1.82, 2.24) is 9.97 Å². The normalized spacial score (nSPS) is 20.7. The van der Waals surface area contributed by atoms with Crippen LogP contribution in [0.25, 0.3) is 0 Å². The van der Waals surface area contributed by atoms with Crippen molar-refractivity contribution in [2.24, 2.45) is 0 Å². The number of hydrogen-bond acceptors (Lipinski definition) is 4. The molecule has 1 aromatic heterocycles. The first-order valence-corrected chi connectivity index (χ1v) is 4.09. The van der Waals surface area contributed by atoms with E-state index in [1.54, 1.807) is 6.20 Å². The van der Waals surface area contributed by atoms with E-state index < -0.39 is 0 Å². The van der Waals surface area contributed by atoms with Gasteiger partial charge in [-0.05, 0) is 5.92 Å². The van der Waals surface area contributed by atoms with Crippen LogP contribution >= 0.6 is 0 Å². The van der Waals surface area contributed by atoms with Crippen LogP contribution in [0, 0.1) is 0 Å². The Morgan fingerprint density at radius 1 is 1.69 bits per heavy atom. The Morgan fingerprint density at radius 2 is 2.46 bits per heavy atom. The quantitative estimate of drug-likeness (QED) is 0.606. The second-order valence-corrected chi connectivity index (χ2v) is 3.19. The zero-order valence-electron chi connectivity index (χ0n) is 7.24. The van der Waals surface area contributed by atoms with Crippen molar-refractivity contribution < 1.29 is 4.79 Å². The third-order valence-corrected chi connectivity index (χ3v) is 2.12. The standard InChI is InChI=1S/C8H10N4O/c1-4-2-6(13)11-7-5(4)3-10-8(9)12-7/h3-4H,2H2,1H3,(H3,9,10,11,12,13).